The van der Waals surface area contributed by atoms with E-state index in [1.165, 1.54) is 18.2 Å². The number of Topliss-reactive ketones (excluding diaryl/α,β-unsaturated/α-hetero) is 1. The Bertz CT molecular complexity index is 1190. The molecule has 2 aromatic carbocycles. The predicted molar refractivity (Wildman–Crippen MR) is 111 cm³/mol. The number of nitrogens with zero attached hydrogens (tertiary/aromatic N) is 1. The summed E-state index contributed by atoms with van der Waals surface area (Å²) in [5.74, 6) is -0.0984. The monoisotopic (exact) mass is 453 g/mol. The van der Waals surface area contributed by atoms with Gasteiger partial charge in [-0.05, 0) is 35.9 Å². The van der Waals surface area contributed by atoms with Gasteiger partial charge >= 0.3 is 5.97 Å². The number of carbonyl (C=O) groups excluding carboxylic acids is 2. The lowest BCUT2D eigenvalue weighted by atomic mass is 10.1. The van der Waals surface area contributed by atoms with E-state index in [2.05, 4.69) is 0 Å². The third-order valence-electron chi connectivity index (χ3n) is 5.58. The second-order valence-corrected chi connectivity index (χ2v) is 7.79. The molecule has 10 heteroatoms. The molecular formula is C23H19NO9. The molecule has 1 fully saturated rings. The molecule has 0 spiro atoms. The van der Waals surface area contributed by atoms with Gasteiger partial charge in [-0.2, -0.15) is 0 Å². The van der Waals surface area contributed by atoms with Crippen molar-refractivity contribution in [2.24, 2.45) is 0 Å². The van der Waals surface area contributed by atoms with E-state index in [4.69, 9.17) is 18.9 Å². The molecular weight excluding hydrogens is 434 g/mol. The van der Waals surface area contributed by atoms with E-state index in [9.17, 15) is 24.6 Å². The van der Waals surface area contributed by atoms with Crippen LogP contribution in [-0.2, 0) is 9.59 Å². The van der Waals surface area contributed by atoms with Crippen molar-refractivity contribution in [3.8, 4) is 23.0 Å². The highest BCUT2D eigenvalue weighted by molar-refractivity contribution is 6.14. The summed E-state index contributed by atoms with van der Waals surface area (Å²) >= 11 is 0. The van der Waals surface area contributed by atoms with Crippen LogP contribution in [0.5, 0.6) is 23.0 Å². The summed E-state index contributed by atoms with van der Waals surface area (Å²) in [6.07, 6.45) is 0.692. The van der Waals surface area contributed by atoms with E-state index in [1.807, 2.05) is 0 Å². The standard InChI is InChI=1S/C23H19NO9/c25-13-7-16(23(28)29)24(9-13)21(26)10-30-14-2-3-15-18(8-14)33-20(22(15)27)6-12-1-4-17-19(5-12)32-11-31-17/h1-6,8,13,16,25H,7,9-11H2,(H,28,29)/t13-,16-/m0/s1. The average molecular weight is 453 g/mol. The Balaban J connectivity index is 1.27. The molecule has 3 heterocycles. The van der Waals surface area contributed by atoms with E-state index < -0.39 is 30.6 Å². The van der Waals surface area contributed by atoms with E-state index in [1.54, 1.807) is 24.3 Å². The number of carbonyl (C=O) groups is 3. The number of benzene rings is 2. The van der Waals surface area contributed by atoms with Gasteiger partial charge in [-0.1, -0.05) is 6.07 Å². The van der Waals surface area contributed by atoms with Crippen LogP contribution in [0.1, 0.15) is 22.3 Å². The number of aliphatic hydroxyl groups is 1. The first-order valence-corrected chi connectivity index (χ1v) is 10.2. The fourth-order valence-electron chi connectivity index (χ4n) is 3.96. The average Bonchev–Trinajstić information content (AvgIpc) is 3.49. The molecule has 1 amide bonds. The Morgan fingerprint density at radius 3 is 2.76 bits per heavy atom. The Morgan fingerprint density at radius 1 is 1.12 bits per heavy atom. The van der Waals surface area contributed by atoms with Crippen molar-refractivity contribution in [2.45, 2.75) is 18.6 Å². The Hall–Kier alpha value is -4.05. The van der Waals surface area contributed by atoms with Gasteiger partial charge in [-0.3, -0.25) is 9.59 Å². The second-order valence-electron chi connectivity index (χ2n) is 7.79. The highest BCUT2D eigenvalue weighted by Crippen LogP contribution is 2.37. The minimum Gasteiger partial charge on any atom is -0.484 e. The summed E-state index contributed by atoms with van der Waals surface area (Å²) in [7, 11) is 0. The van der Waals surface area contributed by atoms with Crippen molar-refractivity contribution in [2.75, 3.05) is 19.9 Å². The van der Waals surface area contributed by atoms with E-state index in [-0.39, 0.29) is 42.8 Å². The molecule has 0 bridgehead atoms. The first kappa shape index (κ1) is 20.8. The number of hydrogen-bond donors (Lipinski definition) is 2. The minimum atomic E-state index is -1.17. The lowest BCUT2D eigenvalue weighted by Gasteiger charge is -2.21. The number of hydrogen-bond acceptors (Lipinski definition) is 8. The molecule has 2 aromatic rings. The quantitative estimate of drug-likeness (QED) is 0.646. The van der Waals surface area contributed by atoms with Gasteiger partial charge < -0.3 is 34.1 Å². The molecule has 0 aliphatic carbocycles. The Kier molecular flexibility index (Phi) is 5.14. The number of fused-ring (bicyclic) bond motifs is 2. The fraction of sp³-hybridized carbons (Fsp3) is 0.261. The number of carboxylic acid groups (broad SMARTS) is 1. The topological polar surface area (TPSA) is 132 Å². The van der Waals surface area contributed by atoms with Crippen LogP contribution in [-0.4, -0.2) is 64.9 Å². The number of aliphatic hydroxyl groups excluding tert-OH is 1. The third-order valence-corrected chi connectivity index (χ3v) is 5.58. The summed E-state index contributed by atoms with van der Waals surface area (Å²) in [6, 6.07) is 8.75. The fourth-order valence-corrected chi connectivity index (χ4v) is 3.96. The van der Waals surface area contributed by atoms with Crippen molar-refractivity contribution in [3.05, 3.63) is 53.3 Å². The molecule has 10 nitrogen and oxygen atoms in total. The molecule has 0 unspecified atom stereocenters. The summed E-state index contributed by atoms with van der Waals surface area (Å²) in [5.41, 5.74) is 1.06. The maximum atomic E-state index is 12.7. The van der Waals surface area contributed by atoms with Crippen LogP contribution in [0.2, 0.25) is 0 Å². The molecule has 1 saturated heterocycles. The molecule has 5 rings (SSSR count). The van der Waals surface area contributed by atoms with Crippen molar-refractivity contribution >= 4 is 23.7 Å². The highest BCUT2D eigenvalue weighted by Gasteiger charge is 2.39. The maximum absolute atomic E-state index is 12.7. The molecule has 3 aliphatic rings. The van der Waals surface area contributed by atoms with Crippen LogP contribution in [0, 0.1) is 0 Å². The first-order chi connectivity index (χ1) is 15.9. The molecule has 33 heavy (non-hydrogen) atoms. The molecule has 0 aromatic heterocycles. The molecule has 3 aliphatic heterocycles. The van der Waals surface area contributed by atoms with Gasteiger partial charge in [0.15, 0.2) is 23.9 Å². The first-order valence-electron chi connectivity index (χ1n) is 10.2. The summed E-state index contributed by atoms with van der Waals surface area (Å²) in [4.78, 5) is 37.5. The number of ether oxygens (including phenoxy) is 4. The van der Waals surface area contributed by atoms with Gasteiger partial charge in [0.25, 0.3) is 5.91 Å². The van der Waals surface area contributed by atoms with Crippen LogP contribution < -0.4 is 18.9 Å². The largest absolute Gasteiger partial charge is 0.484 e. The van der Waals surface area contributed by atoms with Crippen molar-refractivity contribution in [1.82, 2.24) is 4.90 Å². The van der Waals surface area contributed by atoms with Crippen LogP contribution in [0.15, 0.2) is 42.2 Å². The molecule has 170 valence electrons. The summed E-state index contributed by atoms with van der Waals surface area (Å²) in [6.45, 7) is -0.324. The van der Waals surface area contributed by atoms with Crippen molar-refractivity contribution in [3.63, 3.8) is 0 Å². The van der Waals surface area contributed by atoms with Gasteiger partial charge in [-0.15, -0.1) is 0 Å². The van der Waals surface area contributed by atoms with E-state index in [0.717, 1.165) is 4.90 Å². The van der Waals surface area contributed by atoms with Crippen LogP contribution in [0.25, 0.3) is 6.08 Å². The lowest BCUT2D eigenvalue weighted by Crippen LogP contribution is -2.42. The smallest absolute Gasteiger partial charge is 0.326 e. The van der Waals surface area contributed by atoms with E-state index >= 15 is 0 Å². The van der Waals surface area contributed by atoms with Gasteiger partial charge in [0, 0.05) is 19.0 Å². The number of carboxylic acids is 1. The molecule has 2 N–H and O–H groups in total. The number of rotatable bonds is 5. The van der Waals surface area contributed by atoms with Gasteiger partial charge in [-0.25, -0.2) is 4.79 Å². The number of allylic oxidation sites excluding steroid dienone is 1. The third kappa shape index (κ3) is 3.96. The highest BCUT2D eigenvalue weighted by atomic mass is 16.7. The van der Waals surface area contributed by atoms with Crippen LogP contribution in [0.3, 0.4) is 0 Å². The predicted octanol–water partition coefficient (Wildman–Crippen LogP) is 1.46. The molecule has 2 atom stereocenters. The minimum absolute atomic E-state index is 0.0195. The number of likely N-dealkylation sites (tertiary alicyclic amines) is 1. The van der Waals surface area contributed by atoms with E-state index in [0.29, 0.717) is 22.6 Å². The van der Waals surface area contributed by atoms with Crippen molar-refractivity contribution in [1.29, 1.82) is 0 Å². The number of β-amino-alcohol motifs (C(OH)–C–C–N with tert-alkyl or cyclic N) is 1. The zero-order valence-corrected chi connectivity index (χ0v) is 17.2. The Labute approximate surface area is 187 Å². The van der Waals surface area contributed by atoms with Crippen molar-refractivity contribution < 1.29 is 43.5 Å². The summed E-state index contributed by atoms with van der Waals surface area (Å²) < 4.78 is 21.8. The number of aliphatic carboxylic acids is 1. The molecule has 0 saturated carbocycles. The van der Waals surface area contributed by atoms with Crippen LogP contribution >= 0.6 is 0 Å². The zero-order chi connectivity index (χ0) is 23.1. The summed E-state index contributed by atoms with van der Waals surface area (Å²) in [5, 5.41) is 18.9. The van der Waals surface area contributed by atoms with Gasteiger partial charge in [0.2, 0.25) is 12.6 Å². The second kappa shape index (κ2) is 8.14. The van der Waals surface area contributed by atoms with Crippen LogP contribution in [0.4, 0.5) is 0 Å². The SMILES string of the molecule is O=C1C(=Cc2ccc3c(c2)OCO3)Oc2cc(OCC(=O)N3C[C@@H](O)C[C@H]3C(=O)O)ccc21. The lowest BCUT2D eigenvalue weighted by molar-refractivity contribution is -0.148. The van der Waals surface area contributed by atoms with Gasteiger partial charge in [0.05, 0.1) is 11.7 Å². The maximum Gasteiger partial charge on any atom is 0.326 e. The Morgan fingerprint density at radius 2 is 1.94 bits per heavy atom. The van der Waals surface area contributed by atoms with Gasteiger partial charge in [0.1, 0.15) is 17.5 Å². The normalized spacial score (nSPS) is 21.8. The zero-order valence-electron chi connectivity index (χ0n) is 17.2. The number of ketones is 1. The molecule has 0 radical (unpaired) electrons. The number of amides is 1.